The van der Waals surface area contributed by atoms with Gasteiger partial charge < -0.3 is 10.1 Å². The molecule has 1 N–H and O–H groups in total. The predicted octanol–water partition coefficient (Wildman–Crippen LogP) is 0.817. The highest BCUT2D eigenvalue weighted by atomic mass is 32.2. The van der Waals surface area contributed by atoms with Crippen molar-refractivity contribution in [2.45, 2.75) is 38.2 Å². The van der Waals surface area contributed by atoms with Gasteiger partial charge in [0.25, 0.3) is 0 Å². The molecule has 112 valence electrons. The van der Waals surface area contributed by atoms with Gasteiger partial charge in [-0.05, 0) is 51.1 Å². The van der Waals surface area contributed by atoms with Gasteiger partial charge in [-0.1, -0.05) is 0 Å². The molecule has 5 nitrogen and oxygen atoms in total. The van der Waals surface area contributed by atoms with E-state index in [1.807, 2.05) is 0 Å². The molecular weight excluding hydrogens is 264 g/mol. The van der Waals surface area contributed by atoms with Crippen LogP contribution >= 0.6 is 0 Å². The second-order valence-electron chi connectivity index (χ2n) is 5.76. The highest BCUT2D eigenvalue weighted by Crippen LogP contribution is 2.17. The molecule has 19 heavy (non-hydrogen) atoms. The Hall–Kier alpha value is -0.170. The van der Waals surface area contributed by atoms with E-state index in [-0.39, 0.29) is 17.8 Å². The quantitative estimate of drug-likeness (QED) is 0.814. The van der Waals surface area contributed by atoms with Crippen LogP contribution in [0.25, 0.3) is 0 Å². The molecule has 2 aliphatic rings. The van der Waals surface area contributed by atoms with E-state index in [1.165, 1.54) is 4.31 Å². The zero-order valence-electron chi connectivity index (χ0n) is 11.8. The number of nitrogens with zero attached hydrogens (tertiary/aromatic N) is 1. The smallest absolute Gasteiger partial charge is 0.214 e. The fraction of sp³-hybridized carbons (Fsp3) is 1.00. The van der Waals surface area contributed by atoms with Gasteiger partial charge in [0, 0.05) is 20.2 Å². The zero-order chi connectivity index (χ0) is 13.7. The fourth-order valence-corrected chi connectivity index (χ4v) is 4.37. The van der Waals surface area contributed by atoms with Gasteiger partial charge in [0.15, 0.2) is 0 Å². The van der Waals surface area contributed by atoms with Crippen molar-refractivity contribution >= 4 is 10.0 Å². The Labute approximate surface area is 116 Å². The van der Waals surface area contributed by atoms with E-state index in [9.17, 15) is 8.42 Å². The first-order valence-electron chi connectivity index (χ1n) is 7.34. The van der Waals surface area contributed by atoms with E-state index in [1.54, 1.807) is 7.05 Å². The molecule has 2 fully saturated rings. The molecule has 6 heteroatoms. The van der Waals surface area contributed by atoms with Gasteiger partial charge in [-0.2, -0.15) is 0 Å². The predicted molar refractivity (Wildman–Crippen MR) is 75.6 cm³/mol. The van der Waals surface area contributed by atoms with Crippen LogP contribution in [0.1, 0.15) is 32.1 Å². The summed E-state index contributed by atoms with van der Waals surface area (Å²) in [6.45, 7) is 3.11. The maximum Gasteiger partial charge on any atom is 0.214 e. The summed E-state index contributed by atoms with van der Waals surface area (Å²) in [5, 5.41) is 3.27. The highest BCUT2D eigenvalue weighted by Gasteiger charge is 2.27. The Morgan fingerprint density at radius 3 is 2.74 bits per heavy atom. The van der Waals surface area contributed by atoms with Gasteiger partial charge in [-0.15, -0.1) is 0 Å². The maximum absolute atomic E-state index is 12.3. The van der Waals surface area contributed by atoms with Crippen LogP contribution in [0.2, 0.25) is 0 Å². The van der Waals surface area contributed by atoms with Gasteiger partial charge in [0.05, 0.1) is 11.9 Å². The number of sulfonamides is 1. The lowest BCUT2D eigenvalue weighted by molar-refractivity contribution is 0.00854. The van der Waals surface area contributed by atoms with E-state index in [4.69, 9.17) is 4.74 Å². The number of hydrogen-bond donors (Lipinski definition) is 1. The molecule has 0 radical (unpaired) electrons. The third kappa shape index (κ3) is 4.70. The number of rotatable bonds is 5. The molecule has 2 saturated heterocycles. The molecule has 0 aromatic rings. The van der Waals surface area contributed by atoms with Gasteiger partial charge >= 0.3 is 0 Å². The van der Waals surface area contributed by atoms with Crippen molar-refractivity contribution in [3.63, 3.8) is 0 Å². The molecule has 0 aromatic carbocycles. The summed E-state index contributed by atoms with van der Waals surface area (Å²) in [5.41, 5.74) is 0. The van der Waals surface area contributed by atoms with Crippen LogP contribution in [0, 0.1) is 5.92 Å². The minimum atomic E-state index is -3.15. The Morgan fingerprint density at radius 2 is 2.11 bits per heavy atom. The number of piperidine rings is 1. The average molecular weight is 290 g/mol. The molecule has 2 unspecified atom stereocenters. The Balaban J connectivity index is 1.83. The number of hydrogen-bond acceptors (Lipinski definition) is 4. The third-order valence-corrected chi connectivity index (χ3v) is 6.05. The van der Waals surface area contributed by atoms with E-state index in [2.05, 4.69) is 5.32 Å². The van der Waals surface area contributed by atoms with Crippen LogP contribution in [0.15, 0.2) is 0 Å². The van der Waals surface area contributed by atoms with Gasteiger partial charge in [-0.25, -0.2) is 12.7 Å². The fourth-order valence-electron chi connectivity index (χ4n) is 2.84. The van der Waals surface area contributed by atoms with Crippen LogP contribution in [0.4, 0.5) is 0 Å². The van der Waals surface area contributed by atoms with E-state index < -0.39 is 10.0 Å². The van der Waals surface area contributed by atoms with E-state index >= 15 is 0 Å². The molecule has 0 bridgehead atoms. The second kappa shape index (κ2) is 7.02. The molecule has 2 heterocycles. The molecule has 0 spiro atoms. The van der Waals surface area contributed by atoms with E-state index in [0.717, 1.165) is 51.8 Å². The molecule has 2 aliphatic heterocycles. The van der Waals surface area contributed by atoms with Crippen molar-refractivity contribution in [1.82, 2.24) is 9.62 Å². The van der Waals surface area contributed by atoms with E-state index in [0.29, 0.717) is 6.54 Å². The molecular formula is C13H26N2O3S. The SMILES string of the molecule is CN(CC1CCCCO1)S(=O)(=O)CC1CCCNC1. The lowest BCUT2D eigenvalue weighted by Crippen LogP contribution is -2.42. The van der Waals surface area contributed by atoms with Crippen molar-refractivity contribution in [2.75, 3.05) is 39.0 Å². The minimum Gasteiger partial charge on any atom is -0.377 e. The Bertz CT molecular complexity index is 360. The first kappa shape index (κ1) is 15.2. The molecule has 0 aromatic heterocycles. The molecule has 0 saturated carbocycles. The maximum atomic E-state index is 12.3. The number of ether oxygens (including phenoxy) is 1. The standard InChI is InChI=1S/C13H26N2O3S/c1-15(10-13-6-2-3-8-18-13)19(16,17)11-12-5-4-7-14-9-12/h12-14H,2-11H2,1H3. The summed E-state index contributed by atoms with van der Waals surface area (Å²) in [5.74, 6) is 0.525. The summed E-state index contributed by atoms with van der Waals surface area (Å²) in [6.07, 6.45) is 5.39. The van der Waals surface area contributed by atoms with Crippen LogP contribution in [-0.4, -0.2) is 57.9 Å². The van der Waals surface area contributed by atoms with Crippen LogP contribution in [0.3, 0.4) is 0 Å². The van der Waals surface area contributed by atoms with Crippen molar-refractivity contribution in [1.29, 1.82) is 0 Å². The van der Waals surface area contributed by atoms with Gasteiger partial charge in [0.1, 0.15) is 0 Å². The molecule has 2 atom stereocenters. The molecule has 0 amide bonds. The lowest BCUT2D eigenvalue weighted by atomic mass is 10.0. The number of likely N-dealkylation sites (N-methyl/N-ethyl adjacent to an activating group) is 1. The van der Waals surface area contributed by atoms with Crippen molar-refractivity contribution in [3.8, 4) is 0 Å². The van der Waals surface area contributed by atoms with Crippen molar-refractivity contribution in [3.05, 3.63) is 0 Å². The summed E-state index contributed by atoms with van der Waals surface area (Å²) in [6, 6.07) is 0. The minimum absolute atomic E-state index is 0.0815. The molecule has 2 rings (SSSR count). The zero-order valence-corrected chi connectivity index (χ0v) is 12.6. The Morgan fingerprint density at radius 1 is 1.26 bits per heavy atom. The van der Waals surface area contributed by atoms with Crippen molar-refractivity contribution in [2.24, 2.45) is 5.92 Å². The van der Waals surface area contributed by atoms with Gasteiger partial charge in [-0.3, -0.25) is 0 Å². The highest BCUT2D eigenvalue weighted by molar-refractivity contribution is 7.89. The summed E-state index contributed by atoms with van der Waals surface area (Å²) < 4.78 is 31.7. The molecule has 0 aliphatic carbocycles. The summed E-state index contributed by atoms with van der Waals surface area (Å²) >= 11 is 0. The van der Waals surface area contributed by atoms with Crippen LogP contribution < -0.4 is 5.32 Å². The first-order chi connectivity index (χ1) is 9.08. The summed E-state index contributed by atoms with van der Waals surface area (Å²) in [7, 11) is -1.46. The number of nitrogens with one attached hydrogen (secondary N) is 1. The Kier molecular flexibility index (Phi) is 5.62. The topological polar surface area (TPSA) is 58.6 Å². The van der Waals surface area contributed by atoms with Crippen LogP contribution in [-0.2, 0) is 14.8 Å². The largest absolute Gasteiger partial charge is 0.377 e. The van der Waals surface area contributed by atoms with Gasteiger partial charge in [0.2, 0.25) is 10.0 Å². The first-order valence-corrected chi connectivity index (χ1v) is 8.95. The average Bonchev–Trinajstić information content (AvgIpc) is 2.40. The summed E-state index contributed by atoms with van der Waals surface area (Å²) in [4.78, 5) is 0. The second-order valence-corrected chi connectivity index (χ2v) is 7.88. The van der Waals surface area contributed by atoms with Crippen molar-refractivity contribution < 1.29 is 13.2 Å². The lowest BCUT2D eigenvalue weighted by Gasteiger charge is -2.29. The monoisotopic (exact) mass is 290 g/mol. The normalized spacial score (nSPS) is 29.6. The van der Waals surface area contributed by atoms with Crippen LogP contribution in [0.5, 0.6) is 0 Å². The third-order valence-electron chi connectivity index (χ3n) is 4.05.